The molecule has 5 aliphatic heterocycles. The summed E-state index contributed by atoms with van der Waals surface area (Å²) in [6, 6.07) is 9.45. The van der Waals surface area contributed by atoms with Crippen molar-refractivity contribution in [2.75, 3.05) is 95.9 Å². The van der Waals surface area contributed by atoms with Crippen molar-refractivity contribution in [2.24, 2.45) is 46.3 Å². The summed E-state index contributed by atoms with van der Waals surface area (Å²) < 4.78 is 53.2. The molecule has 1 aliphatic carbocycles. The van der Waals surface area contributed by atoms with Crippen molar-refractivity contribution in [3.8, 4) is 0 Å². The summed E-state index contributed by atoms with van der Waals surface area (Å²) in [7, 11) is 15.0. The molecular weight excluding hydrogens is 1110 g/mol. The van der Waals surface area contributed by atoms with E-state index in [4.69, 9.17) is 37.9 Å². The fraction of sp³-hybridized carbons (Fsp3) is 0.853. The van der Waals surface area contributed by atoms with Crippen molar-refractivity contribution < 1.29 is 67.3 Å². The fourth-order valence-electron chi connectivity index (χ4n) is 16.1. The molecule has 0 bridgehead atoms. The van der Waals surface area contributed by atoms with Gasteiger partial charge in [-0.25, -0.2) is 0 Å². The lowest BCUT2D eigenvalue weighted by Gasteiger charge is -2.48. The van der Waals surface area contributed by atoms with E-state index >= 15 is 14.4 Å². The average Bonchev–Trinajstić information content (AvgIpc) is 1.66. The lowest BCUT2D eigenvalue weighted by molar-refractivity contribution is -0.296. The Kier molecular flexibility index (Phi) is 24.8. The third-order valence-corrected chi connectivity index (χ3v) is 21.6. The highest BCUT2D eigenvalue weighted by atomic mass is 16.7. The number of rotatable bonds is 15. The molecule has 5 saturated heterocycles. The number of hydrogen-bond acceptors (Lipinski definition) is 19. The maximum Gasteiger partial charge on any atom is 0.319 e. The minimum Gasteiger partial charge on any atom is -0.463 e. The third kappa shape index (κ3) is 16.6. The Morgan fingerprint density at radius 2 is 1.10 bits per heavy atom. The lowest BCUT2D eigenvalue weighted by Crippen LogP contribution is -2.60. The summed E-state index contributed by atoms with van der Waals surface area (Å²) >= 11 is 0. The van der Waals surface area contributed by atoms with Gasteiger partial charge in [0.15, 0.2) is 24.1 Å². The van der Waals surface area contributed by atoms with Gasteiger partial charge in [0, 0.05) is 88.9 Å². The molecule has 0 aromatic heterocycles. The number of cyclic esters (lactones) is 2. The van der Waals surface area contributed by atoms with Crippen LogP contribution in [-0.2, 0) is 63.6 Å². The van der Waals surface area contributed by atoms with Gasteiger partial charge in [-0.15, -0.1) is 0 Å². The molecule has 19 heteroatoms. The normalized spacial score (nSPS) is 40.4. The molecule has 87 heavy (non-hydrogen) atoms. The molecule has 1 unspecified atom stereocenters. The zero-order valence-electron chi connectivity index (χ0n) is 56.5. The summed E-state index contributed by atoms with van der Waals surface area (Å²) in [5.41, 5.74) is -4.51. The van der Waals surface area contributed by atoms with Crippen molar-refractivity contribution in [2.45, 2.75) is 231 Å². The fourth-order valence-corrected chi connectivity index (χ4v) is 16.1. The highest BCUT2D eigenvalue weighted by molar-refractivity contribution is 6.05. The topological polar surface area (TPSA) is 199 Å². The minimum atomic E-state index is -1.76. The number of aliphatic hydroxyl groups excluding tert-OH is 2. The number of nitrogens with zero attached hydrogens (tertiary/aromatic N) is 5. The molecule has 2 N–H and O–H groups in total. The van der Waals surface area contributed by atoms with Crippen LogP contribution >= 0.6 is 0 Å². The second-order valence-electron chi connectivity index (χ2n) is 29.5. The van der Waals surface area contributed by atoms with E-state index in [9.17, 15) is 15.0 Å². The molecule has 1 aromatic carbocycles. The van der Waals surface area contributed by atoms with Crippen LogP contribution in [0.3, 0.4) is 0 Å². The number of carbonyl (C=O) groups excluding carboxylic acids is 4. The number of methoxy groups -OCH3 is 2. The van der Waals surface area contributed by atoms with E-state index in [1.165, 1.54) is 5.56 Å². The van der Waals surface area contributed by atoms with Gasteiger partial charge in [-0.1, -0.05) is 70.4 Å². The summed E-state index contributed by atoms with van der Waals surface area (Å²) in [5.74, 6) is -3.94. The van der Waals surface area contributed by atoms with Crippen LogP contribution in [0.5, 0.6) is 0 Å². The predicted molar refractivity (Wildman–Crippen MR) is 333 cm³/mol. The molecule has 5 heterocycles. The molecule has 19 atom stereocenters. The zero-order valence-corrected chi connectivity index (χ0v) is 56.5. The van der Waals surface area contributed by atoms with Crippen LogP contribution in [0, 0.1) is 46.3 Å². The standard InChI is InChI=1S/C68H115N5O14/c1-42-33-67(9,80-17)60(87-62-56(75)52(70(13)14)32-44(3)85-62)46(5)58(77)66(8,64(79)83-41-54(71(15)35-42)50-38-73(39-50)37-47-25-21-19-22-26-47)30-29-48-34-68(10,81-18)59(86-61-55(74)51(69(11)12)31-43(2)84-61)45(4)57(76)65(6,7)63(78)82-40-53(72(16)36-48)49-27-23-20-24-28-49/h19,21-22,25-26,42-46,48-56,59-62,74-75H,20,23-24,27-41H2,1-18H3/t42-,43-,44-,45+,46+,48-,51+,52+,53-,54+,55-,56-,59-,60-,61+,62+,66?,67-,68-/m1/s1. The first-order valence-electron chi connectivity index (χ1n) is 32.9. The molecule has 6 fully saturated rings. The summed E-state index contributed by atoms with van der Waals surface area (Å²) in [6.45, 7) is 22.1. The van der Waals surface area contributed by atoms with Gasteiger partial charge in [0.2, 0.25) is 0 Å². The van der Waals surface area contributed by atoms with Crippen molar-refractivity contribution >= 4 is 23.5 Å². The van der Waals surface area contributed by atoms with Crippen molar-refractivity contribution in [3.63, 3.8) is 0 Å². The maximum atomic E-state index is 16.4. The Bertz CT molecular complexity index is 2390. The van der Waals surface area contributed by atoms with E-state index in [1.807, 2.05) is 78.7 Å². The second-order valence-corrected chi connectivity index (χ2v) is 29.5. The maximum absolute atomic E-state index is 16.4. The van der Waals surface area contributed by atoms with Crippen molar-refractivity contribution in [1.29, 1.82) is 0 Å². The van der Waals surface area contributed by atoms with Crippen LogP contribution in [0.1, 0.15) is 145 Å². The van der Waals surface area contributed by atoms with Gasteiger partial charge in [0.25, 0.3) is 0 Å². The minimum absolute atomic E-state index is 0.0194. The van der Waals surface area contributed by atoms with Crippen molar-refractivity contribution in [1.82, 2.24) is 24.5 Å². The number of carbonyl (C=O) groups is 4. The number of likely N-dealkylation sites (tertiary alicyclic amines) is 1. The number of likely N-dealkylation sites (N-methyl/N-ethyl adjacent to an activating group) is 4. The molecular formula is C68H115N5O14. The quantitative estimate of drug-likeness (QED) is 0.133. The smallest absolute Gasteiger partial charge is 0.319 e. The first kappa shape index (κ1) is 71.4. The molecule has 19 nitrogen and oxygen atoms in total. The van der Waals surface area contributed by atoms with E-state index in [1.54, 1.807) is 41.9 Å². The molecule has 0 amide bonds. The Morgan fingerprint density at radius 3 is 1.62 bits per heavy atom. The van der Waals surface area contributed by atoms with Gasteiger partial charge >= 0.3 is 11.9 Å². The Morgan fingerprint density at radius 1 is 0.621 bits per heavy atom. The van der Waals surface area contributed by atoms with Crippen molar-refractivity contribution in [3.05, 3.63) is 35.9 Å². The first-order chi connectivity index (χ1) is 40.9. The summed E-state index contributed by atoms with van der Waals surface area (Å²) in [4.78, 5) is 72.7. The highest BCUT2D eigenvalue weighted by Crippen LogP contribution is 2.45. The number of aliphatic hydroxyl groups is 2. The number of ether oxygens (including phenoxy) is 8. The van der Waals surface area contributed by atoms with Crippen LogP contribution in [0.25, 0.3) is 0 Å². The molecule has 6 aliphatic rings. The number of Topliss-reactive ketones (excluding diaryl/α,β-unsaturated/α-hetero) is 2. The van der Waals surface area contributed by atoms with Crippen LogP contribution in [-0.4, -0.2) is 239 Å². The van der Waals surface area contributed by atoms with Gasteiger partial charge in [-0.2, -0.15) is 0 Å². The Labute approximate surface area is 522 Å². The van der Waals surface area contributed by atoms with Gasteiger partial charge < -0.3 is 57.9 Å². The molecule has 0 spiro atoms. The number of ketones is 2. The Balaban J connectivity index is 1.32. The van der Waals surface area contributed by atoms with E-state index in [-0.39, 0.29) is 91.9 Å². The van der Waals surface area contributed by atoms with Gasteiger partial charge in [-0.3, -0.25) is 33.9 Å². The largest absolute Gasteiger partial charge is 0.463 e. The van der Waals surface area contributed by atoms with Crippen LogP contribution in [0.2, 0.25) is 0 Å². The monoisotopic (exact) mass is 1230 g/mol. The zero-order chi connectivity index (χ0) is 64.1. The van der Waals surface area contributed by atoms with E-state index in [0.29, 0.717) is 38.8 Å². The van der Waals surface area contributed by atoms with E-state index < -0.39 is 88.6 Å². The molecule has 1 saturated carbocycles. The van der Waals surface area contributed by atoms with Crippen LogP contribution in [0.4, 0.5) is 0 Å². The predicted octanol–water partition coefficient (Wildman–Crippen LogP) is 7.10. The van der Waals surface area contributed by atoms with E-state index in [0.717, 1.165) is 51.7 Å². The molecule has 7 rings (SSSR count). The van der Waals surface area contributed by atoms with E-state index in [2.05, 4.69) is 60.0 Å². The average molecular weight is 1230 g/mol. The van der Waals surface area contributed by atoms with Gasteiger partial charge in [0.05, 0.1) is 35.6 Å². The number of esters is 2. The Hall–Kier alpha value is -3.02. The van der Waals surface area contributed by atoms with Gasteiger partial charge in [0.1, 0.15) is 36.3 Å². The second kappa shape index (κ2) is 30.2. The molecule has 1 aromatic rings. The summed E-state index contributed by atoms with van der Waals surface area (Å²) in [5, 5.41) is 24.0. The lowest BCUT2D eigenvalue weighted by atomic mass is 9.69. The first-order valence-corrected chi connectivity index (χ1v) is 32.9. The number of benzene rings is 1. The van der Waals surface area contributed by atoms with Gasteiger partial charge in [-0.05, 0) is 165 Å². The SMILES string of the molecule is CO[C@]1(C)C[C@@H](CCC2(C)C(=O)OC[C@@H](C3CN(Cc4ccccc4)C3)N(C)C[C@H](C)C[C@@](C)(OC)[C@H](O[C@@H]3O[C@H](C)C[C@H](N(C)C)[C@H]3O)[C@@H](C)C2=O)CN(C)[C@@H](C2CCCCC2)COC(=O)C(C)(C)C(=O)[C@H](C)[C@H]1O[C@@H]1O[C@H](C)C[C@H](N(C)C)[C@H]1O. The van der Waals surface area contributed by atoms with Crippen LogP contribution < -0.4 is 0 Å². The third-order valence-electron chi connectivity index (χ3n) is 21.6. The number of hydrogen-bond donors (Lipinski definition) is 2. The highest BCUT2D eigenvalue weighted by Gasteiger charge is 2.56. The summed E-state index contributed by atoms with van der Waals surface area (Å²) in [6.07, 6.45) is 0.307. The molecule has 496 valence electrons. The molecule has 0 radical (unpaired) electrons. The van der Waals surface area contributed by atoms with Crippen LogP contribution in [0.15, 0.2) is 30.3 Å².